The minimum absolute atomic E-state index is 0.0488. The number of imidazole rings is 1. The third-order valence-corrected chi connectivity index (χ3v) is 4.97. The van der Waals surface area contributed by atoms with Crippen molar-refractivity contribution >= 4 is 34.3 Å². The van der Waals surface area contributed by atoms with Crippen molar-refractivity contribution in [2.45, 2.75) is 32.7 Å². The summed E-state index contributed by atoms with van der Waals surface area (Å²) in [7, 11) is 1.32. The van der Waals surface area contributed by atoms with Gasteiger partial charge in [0.15, 0.2) is 0 Å². The molecule has 0 atom stereocenters. The van der Waals surface area contributed by atoms with E-state index in [1.165, 1.54) is 13.2 Å². The number of hydrogen-bond acceptors (Lipinski definition) is 5. The van der Waals surface area contributed by atoms with Crippen molar-refractivity contribution in [3.63, 3.8) is 0 Å². The van der Waals surface area contributed by atoms with Crippen LogP contribution in [0.1, 0.15) is 36.5 Å². The highest BCUT2D eigenvalue weighted by molar-refractivity contribution is 6.35. The predicted molar refractivity (Wildman–Crippen MR) is 108 cm³/mol. The van der Waals surface area contributed by atoms with Gasteiger partial charge in [-0.05, 0) is 30.7 Å². The van der Waals surface area contributed by atoms with Gasteiger partial charge in [-0.1, -0.05) is 37.4 Å². The Labute approximate surface area is 167 Å². The van der Waals surface area contributed by atoms with E-state index in [-0.39, 0.29) is 10.7 Å². The molecule has 0 aliphatic carbocycles. The number of carbonyl (C=O) groups is 1. The van der Waals surface area contributed by atoms with E-state index in [1.807, 2.05) is 10.6 Å². The van der Waals surface area contributed by atoms with Gasteiger partial charge in [-0.25, -0.2) is 9.78 Å². The molecule has 0 saturated carbocycles. The van der Waals surface area contributed by atoms with Crippen molar-refractivity contribution in [2.75, 3.05) is 7.11 Å². The third-order valence-electron chi connectivity index (χ3n) is 4.57. The first-order valence-corrected chi connectivity index (χ1v) is 9.37. The Kier molecular flexibility index (Phi) is 5.94. The number of aromatic nitrogens is 2. The Morgan fingerprint density at radius 1 is 1.29 bits per heavy atom. The summed E-state index contributed by atoms with van der Waals surface area (Å²) in [6, 6.07) is 9.83. The van der Waals surface area contributed by atoms with Crippen LogP contribution in [-0.4, -0.2) is 27.6 Å². The van der Waals surface area contributed by atoms with E-state index in [4.69, 9.17) is 16.3 Å². The molecule has 8 heteroatoms. The van der Waals surface area contributed by atoms with E-state index in [1.54, 1.807) is 24.3 Å². The lowest BCUT2D eigenvalue weighted by Gasteiger charge is -2.10. The lowest BCUT2D eigenvalue weighted by atomic mass is 10.1. The number of nitro groups is 1. The van der Waals surface area contributed by atoms with Gasteiger partial charge in [0.2, 0.25) is 0 Å². The molecule has 1 heterocycles. The number of hydrogen-bond donors (Lipinski definition) is 0. The normalized spacial score (nSPS) is 11.0. The van der Waals surface area contributed by atoms with Gasteiger partial charge in [-0.3, -0.25) is 10.1 Å². The van der Waals surface area contributed by atoms with E-state index < -0.39 is 10.9 Å². The molecule has 3 aromatic rings. The van der Waals surface area contributed by atoms with Gasteiger partial charge in [0.05, 0.1) is 28.6 Å². The summed E-state index contributed by atoms with van der Waals surface area (Å²) < 4.78 is 6.77. The summed E-state index contributed by atoms with van der Waals surface area (Å²) >= 11 is 6.33. The second-order valence-corrected chi connectivity index (χ2v) is 6.76. The molecule has 0 bridgehead atoms. The van der Waals surface area contributed by atoms with E-state index >= 15 is 0 Å². The van der Waals surface area contributed by atoms with Crippen LogP contribution in [-0.2, 0) is 11.3 Å². The summed E-state index contributed by atoms with van der Waals surface area (Å²) in [6.45, 7) is 2.81. The van der Waals surface area contributed by atoms with Crippen LogP contribution in [0.25, 0.3) is 22.4 Å². The maximum Gasteiger partial charge on any atom is 0.337 e. The average Bonchev–Trinajstić information content (AvgIpc) is 3.05. The third kappa shape index (κ3) is 3.71. The monoisotopic (exact) mass is 401 g/mol. The summed E-state index contributed by atoms with van der Waals surface area (Å²) in [4.78, 5) is 27.3. The Hall–Kier alpha value is -2.93. The number of fused-ring (bicyclic) bond motifs is 1. The molecule has 1 aromatic heterocycles. The fraction of sp³-hybridized carbons (Fsp3) is 0.300. The average molecular weight is 402 g/mol. The number of nitrogens with zero attached hydrogens (tertiary/aromatic N) is 3. The molecule has 0 spiro atoms. The van der Waals surface area contributed by atoms with Gasteiger partial charge in [0.25, 0.3) is 5.69 Å². The molecule has 146 valence electrons. The molecule has 7 nitrogen and oxygen atoms in total. The largest absolute Gasteiger partial charge is 0.465 e. The topological polar surface area (TPSA) is 87.3 Å². The fourth-order valence-electron chi connectivity index (χ4n) is 3.16. The maximum atomic E-state index is 11.9. The summed E-state index contributed by atoms with van der Waals surface area (Å²) in [6.07, 6.45) is 3.04. The number of aryl methyl sites for hydroxylation is 1. The van der Waals surface area contributed by atoms with Gasteiger partial charge < -0.3 is 9.30 Å². The SMILES string of the molecule is CCCCCn1c(-c2cccc([N+](=O)[O-])c2Cl)nc2cc(C(=O)OC)ccc21. The van der Waals surface area contributed by atoms with Crippen molar-refractivity contribution in [3.8, 4) is 11.4 Å². The van der Waals surface area contributed by atoms with Gasteiger partial charge in [-0.2, -0.15) is 0 Å². The Balaban J connectivity index is 2.20. The molecular weight excluding hydrogens is 382 g/mol. The molecular formula is C20H20ClN3O4. The number of carbonyl (C=O) groups excluding carboxylic acids is 1. The highest BCUT2D eigenvalue weighted by Gasteiger charge is 2.21. The molecule has 0 fully saturated rings. The van der Waals surface area contributed by atoms with Crippen LogP contribution >= 0.6 is 11.6 Å². The molecule has 0 aliphatic rings. The lowest BCUT2D eigenvalue weighted by molar-refractivity contribution is -0.384. The van der Waals surface area contributed by atoms with Gasteiger partial charge in [0, 0.05) is 18.2 Å². The first-order valence-electron chi connectivity index (χ1n) is 8.99. The van der Waals surface area contributed by atoms with Crippen LogP contribution in [0.4, 0.5) is 5.69 Å². The van der Waals surface area contributed by atoms with Crippen molar-refractivity contribution in [2.24, 2.45) is 0 Å². The molecule has 28 heavy (non-hydrogen) atoms. The number of esters is 1. The summed E-state index contributed by atoms with van der Waals surface area (Å²) in [5.74, 6) is 0.0965. The Morgan fingerprint density at radius 3 is 2.75 bits per heavy atom. The van der Waals surface area contributed by atoms with Crippen molar-refractivity contribution in [3.05, 3.63) is 57.1 Å². The van der Waals surface area contributed by atoms with Crippen molar-refractivity contribution in [1.29, 1.82) is 0 Å². The molecule has 0 unspecified atom stereocenters. The van der Waals surface area contributed by atoms with Gasteiger partial charge in [-0.15, -0.1) is 0 Å². The minimum Gasteiger partial charge on any atom is -0.465 e. The molecule has 3 rings (SSSR count). The van der Waals surface area contributed by atoms with E-state index in [0.29, 0.717) is 29.0 Å². The van der Waals surface area contributed by atoms with E-state index in [9.17, 15) is 14.9 Å². The molecule has 0 N–H and O–H groups in total. The zero-order chi connectivity index (χ0) is 20.3. The molecule has 0 aliphatic heterocycles. The summed E-state index contributed by atoms with van der Waals surface area (Å²) in [5.41, 5.74) is 2.16. The number of methoxy groups -OCH3 is 1. The van der Waals surface area contributed by atoms with Crippen LogP contribution in [0, 0.1) is 10.1 Å². The van der Waals surface area contributed by atoms with Crippen molar-refractivity contribution < 1.29 is 14.5 Å². The molecule has 2 aromatic carbocycles. The number of benzene rings is 2. The first kappa shape index (κ1) is 19.8. The van der Waals surface area contributed by atoms with E-state index in [2.05, 4.69) is 11.9 Å². The molecule has 0 amide bonds. The van der Waals surface area contributed by atoms with Gasteiger partial charge >= 0.3 is 5.97 Å². The van der Waals surface area contributed by atoms with Crippen LogP contribution < -0.4 is 0 Å². The Bertz CT molecular complexity index is 1050. The zero-order valence-corrected chi connectivity index (χ0v) is 16.4. The fourth-order valence-corrected chi connectivity index (χ4v) is 3.44. The number of nitro benzene ring substituents is 1. The van der Waals surface area contributed by atoms with E-state index in [0.717, 1.165) is 24.8 Å². The molecule has 0 saturated heterocycles. The highest BCUT2D eigenvalue weighted by atomic mass is 35.5. The van der Waals surface area contributed by atoms with Crippen LogP contribution in [0.3, 0.4) is 0 Å². The van der Waals surface area contributed by atoms with Crippen LogP contribution in [0.5, 0.6) is 0 Å². The molecule has 0 radical (unpaired) electrons. The number of rotatable bonds is 7. The Morgan fingerprint density at radius 2 is 2.07 bits per heavy atom. The van der Waals surface area contributed by atoms with Gasteiger partial charge in [0.1, 0.15) is 10.8 Å². The van der Waals surface area contributed by atoms with Crippen molar-refractivity contribution in [1.82, 2.24) is 9.55 Å². The number of ether oxygens (including phenoxy) is 1. The number of halogens is 1. The zero-order valence-electron chi connectivity index (χ0n) is 15.6. The second-order valence-electron chi connectivity index (χ2n) is 6.39. The first-order chi connectivity index (χ1) is 13.5. The smallest absolute Gasteiger partial charge is 0.337 e. The maximum absolute atomic E-state index is 11.9. The number of unbranched alkanes of at least 4 members (excludes halogenated alkanes) is 2. The second kappa shape index (κ2) is 8.39. The highest BCUT2D eigenvalue weighted by Crippen LogP contribution is 2.36. The lowest BCUT2D eigenvalue weighted by Crippen LogP contribution is -2.03. The summed E-state index contributed by atoms with van der Waals surface area (Å²) in [5, 5.41) is 11.3. The van der Waals surface area contributed by atoms with Crippen LogP contribution in [0.2, 0.25) is 5.02 Å². The standard InChI is InChI=1S/C20H20ClN3O4/c1-3-4-5-11-23-16-10-9-13(20(25)28-2)12-15(16)22-19(23)14-7-6-8-17(18(14)21)24(26)27/h6-10,12H,3-5,11H2,1-2H3. The van der Waals surface area contributed by atoms with Crippen LogP contribution in [0.15, 0.2) is 36.4 Å². The quantitative estimate of drug-likeness (QED) is 0.234. The minimum atomic E-state index is -0.509. The predicted octanol–water partition coefficient (Wildman–Crippen LogP) is 5.24.